The Kier molecular flexibility index (Phi) is 4.27. The summed E-state index contributed by atoms with van der Waals surface area (Å²) in [5.41, 5.74) is 1.64. The molecule has 5 nitrogen and oxygen atoms in total. The molecule has 0 spiro atoms. The van der Waals surface area contributed by atoms with Crippen LogP contribution in [0.3, 0.4) is 0 Å². The molecule has 2 amide bonds. The van der Waals surface area contributed by atoms with Gasteiger partial charge >= 0.3 is 12.0 Å². The van der Waals surface area contributed by atoms with Crippen LogP contribution in [0.15, 0.2) is 24.3 Å². The summed E-state index contributed by atoms with van der Waals surface area (Å²) in [7, 11) is 1.39. The molecule has 1 heterocycles. The van der Waals surface area contributed by atoms with Crippen molar-refractivity contribution in [3.63, 3.8) is 0 Å². The molecule has 2 rings (SSSR count). The Labute approximate surface area is 118 Å². The smallest absolute Gasteiger partial charge is 0.322 e. The highest BCUT2D eigenvalue weighted by Gasteiger charge is 2.37. The van der Waals surface area contributed by atoms with Gasteiger partial charge in [-0.3, -0.25) is 9.69 Å². The molecule has 0 aromatic heterocycles. The minimum Gasteiger partial charge on any atom is -0.469 e. The molecule has 108 valence electrons. The fourth-order valence-electron chi connectivity index (χ4n) is 2.72. The van der Waals surface area contributed by atoms with Crippen LogP contribution in [0.5, 0.6) is 0 Å². The van der Waals surface area contributed by atoms with Crippen LogP contribution < -0.4 is 10.2 Å². The zero-order valence-electron chi connectivity index (χ0n) is 12.1. The minimum absolute atomic E-state index is 0.0550. The first-order valence-corrected chi connectivity index (χ1v) is 6.84. The average molecular weight is 276 g/mol. The lowest BCUT2D eigenvalue weighted by Crippen LogP contribution is -2.49. The second-order valence-electron chi connectivity index (χ2n) is 4.92. The number of carbonyl (C=O) groups excluding carboxylic acids is 2. The molecule has 1 aliphatic heterocycles. The Morgan fingerprint density at radius 1 is 1.40 bits per heavy atom. The predicted octanol–water partition coefficient (Wildman–Crippen LogP) is 2.27. The summed E-state index contributed by atoms with van der Waals surface area (Å²) in [5.74, 6) is -0.559. The highest BCUT2D eigenvalue weighted by molar-refractivity contribution is 5.96. The number of urea groups is 1. The number of fused-ring (bicyclic) bond motifs is 1. The van der Waals surface area contributed by atoms with Gasteiger partial charge in [0.05, 0.1) is 13.0 Å². The second kappa shape index (κ2) is 5.94. The third-order valence-electron chi connectivity index (χ3n) is 3.62. The SMILES string of the molecule is CCNC(=O)N1c2ccccc2C(C(=O)OC)CC1C. The van der Waals surface area contributed by atoms with E-state index < -0.39 is 0 Å². The summed E-state index contributed by atoms with van der Waals surface area (Å²) < 4.78 is 4.88. The van der Waals surface area contributed by atoms with Gasteiger partial charge in [0.25, 0.3) is 0 Å². The summed E-state index contributed by atoms with van der Waals surface area (Å²) in [6, 6.07) is 7.32. The maximum Gasteiger partial charge on any atom is 0.322 e. The molecule has 5 heteroatoms. The van der Waals surface area contributed by atoms with E-state index in [4.69, 9.17) is 4.74 Å². The van der Waals surface area contributed by atoms with E-state index in [0.29, 0.717) is 13.0 Å². The number of ether oxygens (including phenoxy) is 1. The molecule has 0 aliphatic carbocycles. The van der Waals surface area contributed by atoms with Gasteiger partial charge in [0, 0.05) is 18.3 Å². The van der Waals surface area contributed by atoms with Crippen LogP contribution in [-0.2, 0) is 9.53 Å². The van der Waals surface area contributed by atoms with Gasteiger partial charge < -0.3 is 10.1 Å². The molecule has 0 radical (unpaired) electrons. The summed E-state index contributed by atoms with van der Waals surface area (Å²) in [6.07, 6.45) is 0.570. The Hall–Kier alpha value is -2.04. The van der Waals surface area contributed by atoms with Gasteiger partial charge in [0.1, 0.15) is 0 Å². The van der Waals surface area contributed by atoms with E-state index in [1.807, 2.05) is 38.1 Å². The van der Waals surface area contributed by atoms with E-state index >= 15 is 0 Å². The second-order valence-corrected chi connectivity index (χ2v) is 4.92. The van der Waals surface area contributed by atoms with Crippen LogP contribution in [0, 0.1) is 0 Å². The van der Waals surface area contributed by atoms with E-state index in [1.54, 1.807) is 4.90 Å². The first-order chi connectivity index (χ1) is 9.60. The maximum atomic E-state index is 12.2. The molecule has 2 atom stereocenters. The van der Waals surface area contributed by atoms with Crippen LogP contribution in [0.4, 0.5) is 10.5 Å². The number of amides is 2. The summed E-state index contributed by atoms with van der Waals surface area (Å²) in [4.78, 5) is 25.9. The number of methoxy groups -OCH3 is 1. The molecule has 2 unspecified atom stereocenters. The van der Waals surface area contributed by atoms with E-state index in [0.717, 1.165) is 11.3 Å². The van der Waals surface area contributed by atoms with Crippen molar-refractivity contribution in [2.45, 2.75) is 32.2 Å². The fraction of sp³-hybridized carbons (Fsp3) is 0.467. The number of para-hydroxylation sites is 1. The molecular weight excluding hydrogens is 256 g/mol. The van der Waals surface area contributed by atoms with Crippen molar-refractivity contribution in [2.75, 3.05) is 18.6 Å². The Bertz CT molecular complexity index is 516. The third kappa shape index (κ3) is 2.48. The Balaban J connectivity index is 2.43. The van der Waals surface area contributed by atoms with Crippen molar-refractivity contribution >= 4 is 17.7 Å². The third-order valence-corrected chi connectivity index (χ3v) is 3.62. The fourth-order valence-corrected chi connectivity index (χ4v) is 2.72. The van der Waals surface area contributed by atoms with E-state index in [9.17, 15) is 9.59 Å². The summed E-state index contributed by atoms with van der Waals surface area (Å²) in [6.45, 7) is 4.40. The highest BCUT2D eigenvalue weighted by Crippen LogP contribution is 2.38. The Morgan fingerprint density at radius 2 is 2.10 bits per heavy atom. The van der Waals surface area contributed by atoms with Crippen molar-refractivity contribution < 1.29 is 14.3 Å². The number of hydrogen-bond donors (Lipinski definition) is 1. The van der Waals surface area contributed by atoms with E-state index in [1.165, 1.54) is 7.11 Å². The molecule has 1 aliphatic rings. The Morgan fingerprint density at radius 3 is 2.75 bits per heavy atom. The number of esters is 1. The summed E-state index contributed by atoms with van der Waals surface area (Å²) in [5, 5.41) is 2.82. The zero-order valence-corrected chi connectivity index (χ0v) is 12.1. The monoisotopic (exact) mass is 276 g/mol. The lowest BCUT2D eigenvalue weighted by molar-refractivity contribution is -0.142. The number of anilines is 1. The van der Waals surface area contributed by atoms with E-state index in [2.05, 4.69) is 5.32 Å². The number of nitrogens with zero attached hydrogens (tertiary/aromatic N) is 1. The van der Waals surface area contributed by atoms with Crippen LogP contribution in [0.25, 0.3) is 0 Å². The quantitative estimate of drug-likeness (QED) is 0.843. The lowest BCUT2D eigenvalue weighted by Gasteiger charge is -2.38. The molecule has 0 saturated carbocycles. The van der Waals surface area contributed by atoms with Gasteiger partial charge in [-0.15, -0.1) is 0 Å². The van der Waals surface area contributed by atoms with Crippen molar-refractivity contribution in [1.82, 2.24) is 5.32 Å². The first-order valence-electron chi connectivity index (χ1n) is 6.84. The molecule has 1 aromatic carbocycles. The number of benzene rings is 1. The summed E-state index contributed by atoms with van der Waals surface area (Å²) >= 11 is 0. The molecule has 0 bridgehead atoms. The largest absolute Gasteiger partial charge is 0.469 e. The molecular formula is C15H20N2O3. The van der Waals surface area contributed by atoms with Gasteiger partial charge in [-0.25, -0.2) is 4.79 Å². The van der Waals surface area contributed by atoms with Crippen molar-refractivity contribution in [1.29, 1.82) is 0 Å². The minimum atomic E-state index is -0.308. The lowest BCUT2D eigenvalue weighted by atomic mass is 9.86. The van der Waals surface area contributed by atoms with Crippen molar-refractivity contribution in [3.05, 3.63) is 29.8 Å². The maximum absolute atomic E-state index is 12.2. The number of nitrogens with one attached hydrogen (secondary N) is 1. The van der Waals surface area contributed by atoms with Crippen molar-refractivity contribution in [3.8, 4) is 0 Å². The van der Waals surface area contributed by atoms with E-state index in [-0.39, 0.29) is 24.0 Å². The van der Waals surface area contributed by atoms with Crippen LogP contribution in [0.1, 0.15) is 31.7 Å². The normalized spacial score (nSPS) is 21.1. The number of hydrogen-bond acceptors (Lipinski definition) is 3. The van der Waals surface area contributed by atoms with Gasteiger partial charge in [0.15, 0.2) is 0 Å². The van der Waals surface area contributed by atoms with Crippen molar-refractivity contribution in [2.24, 2.45) is 0 Å². The predicted molar refractivity (Wildman–Crippen MR) is 76.8 cm³/mol. The number of carbonyl (C=O) groups is 2. The molecule has 1 N–H and O–H groups in total. The van der Waals surface area contributed by atoms with Crippen LogP contribution >= 0.6 is 0 Å². The number of rotatable bonds is 2. The molecule has 20 heavy (non-hydrogen) atoms. The highest BCUT2D eigenvalue weighted by atomic mass is 16.5. The first kappa shape index (κ1) is 14.4. The topological polar surface area (TPSA) is 58.6 Å². The molecule has 0 saturated heterocycles. The molecule has 0 fully saturated rings. The van der Waals surface area contributed by atoms with Gasteiger partial charge in [0.2, 0.25) is 0 Å². The molecule has 1 aromatic rings. The zero-order chi connectivity index (χ0) is 14.7. The average Bonchev–Trinajstić information content (AvgIpc) is 2.45. The van der Waals surface area contributed by atoms with Gasteiger partial charge in [-0.2, -0.15) is 0 Å². The van der Waals surface area contributed by atoms with Gasteiger partial charge in [-0.05, 0) is 31.9 Å². The van der Waals surface area contributed by atoms with Gasteiger partial charge in [-0.1, -0.05) is 18.2 Å². The van der Waals surface area contributed by atoms with Crippen LogP contribution in [-0.4, -0.2) is 31.7 Å². The standard InChI is InChI=1S/C15H20N2O3/c1-4-16-15(19)17-10(2)9-12(14(18)20-3)11-7-5-6-8-13(11)17/h5-8,10,12H,4,9H2,1-3H3,(H,16,19). The van der Waals surface area contributed by atoms with Crippen LogP contribution in [0.2, 0.25) is 0 Å².